The van der Waals surface area contributed by atoms with Gasteiger partial charge >= 0.3 is 0 Å². The summed E-state index contributed by atoms with van der Waals surface area (Å²) >= 11 is 0. The van der Waals surface area contributed by atoms with Gasteiger partial charge in [-0.25, -0.2) is 0 Å². The summed E-state index contributed by atoms with van der Waals surface area (Å²) in [7, 11) is -0.763. The van der Waals surface area contributed by atoms with Crippen LogP contribution in [0.15, 0.2) is 0 Å². The maximum atomic E-state index is 12.0. The predicted molar refractivity (Wildman–Crippen MR) is 47.3 cm³/mol. The van der Waals surface area contributed by atoms with Crippen LogP contribution >= 0.6 is 7.37 Å². The zero-order chi connectivity index (χ0) is 8.86. The molecule has 1 rings (SSSR count). The van der Waals surface area contributed by atoms with E-state index in [1.165, 1.54) is 0 Å². The summed E-state index contributed by atoms with van der Waals surface area (Å²) in [6.07, 6.45) is 0. The van der Waals surface area contributed by atoms with Crippen molar-refractivity contribution in [2.75, 3.05) is 7.11 Å². The van der Waals surface area contributed by atoms with Crippen LogP contribution in [0.4, 0.5) is 0 Å². The van der Waals surface area contributed by atoms with Gasteiger partial charge in [0.15, 0.2) is 0 Å². The fraction of sp³-hybridized carbons (Fsp3) is 1.00. The molecule has 0 aromatic rings. The molecule has 3 unspecified atom stereocenters. The standard InChI is InChI=1S/C8H17O2P/c1-6-7(2)11(9,10-5)8(6,3)4/h6-7H,1-5H3. The Kier molecular flexibility index (Phi) is 1.97. The first kappa shape index (κ1) is 9.28. The highest BCUT2D eigenvalue weighted by molar-refractivity contribution is 7.63. The molecule has 3 heteroatoms. The van der Waals surface area contributed by atoms with E-state index in [0.29, 0.717) is 5.92 Å². The van der Waals surface area contributed by atoms with Gasteiger partial charge in [0.1, 0.15) is 0 Å². The average molecular weight is 176 g/mol. The molecule has 3 atom stereocenters. The van der Waals surface area contributed by atoms with Crippen molar-refractivity contribution in [2.45, 2.75) is 38.5 Å². The SMILES string of the molecule is COP1(=O)C(C)C(C)C1(C)C. The molecule has 0 saturated carbocycles. The van der Waals surface area contributed by atoms with Crippen molar-refractivity contribution in [1.82, 2.24) is 0 Å². The molecule has 0 aliphatic carbocycles. The van der Waals surface area contributed by atoms with Crippen LogP contribution in [0.25, 0.3) is 0 Å². The van der Waals surface area contributed by atoms with Gasteiger partial charge < -0.3 is 4.52 Å². The normalized spacial score (nSPS) is 48.5. The van der Waals surface area contributed by atoms with Crippen LogP contribution in [0, 0.1) is 5.92 Å². The first-order valence-electron chi connectivity index (χ1n) is 4.03. The number of rotatable bonds is 1. The van der Waals surface area contributed by atoms with Crippen molar-refractivity contribution in [3.63, 3.8) is 0 Å². The molecule has 0 amide bonds. The zero-order valence-corrected chi connectivity index (χ0v) is 8.81. The van der Waals surface area contributed by atoms with Gasteiger partial charge in [-0.2, -0.15) is 0 Å². The molecule has 0 radical (unpaired) electrons. The van der Waals surface area contributed by atoms with E-state index < -0.39 is 7.37 Å². The smallest absolute Gasteiger partial charge is 0.211 e. The third kappa shape index (κ3) is 0.860. The molecule has 1 saturated heterocycles. The summed E-state index contributed by atoms with van der Waals surface area (Å²) in [4.78, 5) is 0. The summed E-state index contributed by atoms with van der Waals surface area (Å²) in [5.41, 5.74) is 0.238. The Morgan fingerprint density at radius 2 is 1.82 bits per heavy atom. The molecule has 0 N–H and O–H groups in total. The topological polar surface area (TPSA) is 26.3 Å². The lowest BCUT2D eigenvalue weighted by molar-refractivity contribution is 0.256. The van der Waals surface area contributed by atoms with Crippen LogP contribution in [0.5, 0.6) is 0 Å². The van der Waals surface area contributed by atoms with Crippen LogP contribution in [0.3, 0.4) is 0 Å². The summed E-state index contributed by atoms with van der Waals surface area (Å²) < 4.78 is 17.1. The van der Waals surface area contributed by atoms with Gasteiger partial charge in [-0.15, -0.1) is 0 Å². The van der Waals surface area contributed by atoms with E-state index in [0.717, 1.165) is 0 Å². The van der Waals surface area contributed by atoms with Crippen molar-refractivity contribution in [3.8, 4) is 0 Å². The van der Waals surface area contributed by atoms with Crippen molar-refractivity contribution in [2.24, 2.45) is 5.92 Å². The minimum Gasteiger partial charge on any atom is -0.331 e. The molecule has 0 aromatic heterocycles. The van der Waals surface area contributed by atoms with Gasteiger partial charge in [0, 0.05) is 17.9 Å². The Bertz CT molecular complexity index is 210. The zero-order valence-electron chi connectivity index (χ0n) is 7.92. The van der Waals surface area contributed by atoms with Crippen LogP contribution in [0.1, 0.15) is 27.7 Å². The summed E-state index contributed by atoms with van der Waals surface area (Å²) in [6.45, 7) is 8.21. The molecule has 11 heavy (non-hydrogen) atoms. The van der Waals surface area contributed by atoms with Gasteiger partial charge in [-0.1, -0.05) is 27.7 Å². The quantitative estimate of drug-likeness (QED) is 0.574. The molecule has 1 aliphatic rings. The highest BCUT2D eigenvalue weighted by atomic mass is 31.2. The van der Waals surface area contributed by atoms with E-state index in [1.54, 1.807) is 7.11 Å². The predicted octanol–water partition coefficient (Wildman–Crippen LogP) is 2.73. The molecule has 0 bridgehead atoms. The molecule has 1 aliphatic heterocycles. The summed E-state index contributed by atoms with van der Waals surface area (Å²) in [6, 6.07) is 0. The molecular formula is C8H17O2P. The Balaban J connectivity index is 2.94. The first-order valence-corrected chi connectivity index (χ1v) is 5.73. The van der Waals surface area contributed by atoms with Crippen LogP contribution < -0.4 is 0 Å². The Labute approximate surface area is 68.8 Å². The van der Waals surface area contributed by atoms with E-state index in [1.807, 2.05) is 20.8 Å². The van der Waals surface area contributed by atoms with Gasteiger partial charge in [0.05, 0.1) is 0 Å². The maximum Gasteiger partial charge on any atom is 0.211 e. The second-order valence-electron chi connectivity index (χ2n) is 3.96. The minimum absolute atomic E-state index is 0.110. The van der Waals surface area contributed by atoms with Crippen LogP contribution in [-0.2, 0) is 9.09 Å². The van der Waals surface area contributed by atoms with E-state index in [4.69, 9.17) is 4.52 Å². The van der Waals surface area contributed by atoms with E-state index >= 15 is 0 Å². The monoisotopic (exact) mass is 176 g/mol. The number of hydrogen-bond acceptors (Lipinski definition) is 2. The van der Waals surface area contributed by atoms with Crippen molar-refractivity contribution in [1.29, 1.82) is 0 Å². The average Bonchev–Trinajstić information content (AvgIpc) is 2.00. The second kappa shape index (κ2) is 2.34. The van der Waals surface area contributed by atoms with Gasteiger partial charge in [-0.05, 0) is 5.92 Å². The van der Waals surface area contributed by atoms with E-state index in [9.17, 15) is 4.57 Å². The van der Waals surface area contributed by atoms with Crippen LogP contribution in [0.2, 0.25) is 0 Å². The molecule has 2 nitrogen and oxygen atoms in total. The van der Waals surface area contributed by atoms with Gasteiger partial charge in [0.2, 0.25) is 7.37 Å². The highest BCUT2D eigenvalue weighted by Crippen LogP contribution is 2.76. The lowest BCUT2D eigenvalue weighted by atomic mass is 9.92. The fourth-order valence-corrected chi connectivity index (χ4v) is 5.37. The third-order valence-electron chi connectivity index (χ3n) is 3.45. The van der Waals surface area contributed by atoms with Crippen molar-refractivity contribution in [3.05, 3.63) is 0 Å². The van der Waals surface area contributed by atoms with E-state index in [2.05, 4.69) is 6.92 Å². The molecule has 1 heterocycles. The first-order chi connectivity index (χ1) is 4.88. The van der Waals surface area contributed by atoms with Crippen LogP contribution in [-0.4, -0.2) is 17.9 Å². The lowest BCUT2D eigenvalue weighted by Gasteiger charge is -2.54. The largest absolute Gasteiger partial charge is 0.331 e. The highest BCUT2D eigenvalue weighted by Gasteiger charge is 2.61. The molecule has 1 fully saturated rings. The Morgan fingerprint density at radius 1 is 1.36 bits per heavy atom. The Hall–Kier alpha value is 0.190. The van der Waals surface area contributed by atoms with Crippen molar-refractivity contribution < 1.29 is 9.09 Å². The summed E-state index contributed by atoms with van der Waals surface area (Å²) in [5.74, 6) is 0.508. The lowest BCUT2D eigenvalue weighted by Crippen LogP contribution is -2.49. The third-order valence-corrected chi connectivity index (χ3v) is 7.52. The number of hydrogen-bond donors (Lipinski definition) is 0. The fourth-order valence-electron chi connectivity index (χ4n) is 2.01. The second-order valence-corrected chi connectivity index (χ2v) is 7.49. The Morgan fingerprint density at radius 3 is 2.00 bits per heavy atom. The molecular weight excluding hydrogens is 159 g/mol. The maximum absolute atomic E-state index is 12.0. The van der Waals surface area contributed by atoms with Gasteiger partial charge in [-0.3, -0.25) is 4.57 Å². The molecule has 0 aromatic carbocycles. The molecule has 66 valence electrons. The summed E-state index contributed by atoms with van der Waals surface area (Å²) in [5, 5.41) is -0.110. The minimum atomic E-state index is -2.32. The van der Waals surface area contributed by atoms with Gasteiger partial charge in [0.25, 0.3) is 0 Å². The van der Waals surface area contributed by atoms with E-state index in [-0.39, 0.29) is 10.8 Å². The van der Waals surface area contributed by atoms with Crippen molar-refractivity contribution >= 4 is 7.37 Å². The molecule has 0 spiro atoms.